The molecule has 2 aliphatic carbocycles. The number of carbonyl (C=O) groups excluding carboxylic acids is 1. The van der Waals surface area contributed by atoms with Crippen molar-refractivity contribution in [3.63, 3.8) is 0 Å². The Morgan fingerprint density at radius 1 is 1.07 bits per heavy atom. The van der Waals surface area contributed by atoms with Crippen molar-refractivity contribution in [1.82, 2.24) is 10.6 Å². The fourth-order valence-corrected chi connectivity index (χ4v) is 3.56. The maximum Gasteiger partial charge on any atom is 0.154 e. The van der Waals surface area contributed by atoms with E-state index in [4.69, 9.17) is 0 Å². The standard InChI is InChI=1S/C11H18N2O/c14-11-8-4-2-1-3-7(8)9-10(11)13-6-5-12-9/h7-10,12-13H,1-6H2. The van der Waals surface area contributed by atoms with Gasteiger partial charge < -0.3 is 10.6 Å². The summed E-state index contributed by atoms with van der Waals surface area (Å²) in [5.41, 5.74) is 0. The summed E-state index contributed by atoms with van der Waals surface area (Å²) < 4.78 is 0. The third-order valence-corrected chi connectivity index (χ3v) is 4.18. The Bertz CT molecular complexity index is 230. The van der Waals surface area contributed by atoms with E-state index in [-0.39, 0.29) is 6.04 Å². The molecule has 1 aliphatic heterocycles. The highest BCUT2D eigenvalue weighted by molar-refractivity contribution is 5.90. The summed E-state index contributed by atoms with van der Waals surface area (Å²) in [6.45, 7) is 1.98. The van der Waals surface area contributed by atoms with E-state index in [9.17, 15) is 4.79 Å². The number of carbonyl (C=O) groups is 1. The Kier molecular flexibility index (Phi) is 2.10. The minimum absolute atomic E-state index is 0.136. The highest BCUT2D eigenvalue weighted by Gasteiger charge is 2.50. The highest BCUT2D eigenvalue weighted by Crippen LogP contribution is 2.40. The quantitative estimate of drug-likeness (QED) is 0.583. The van der Waals surface area contributed by atoms with Gasteiger partial charge in [-0.15, -0.1) is 0 Å². The molecule has 3 nitrogen and oxygen atoms in total. The maximum absolute atomic E-state index is 12.1. The Labute approximate surface area is 84.6 Å². The van der Waals surface area contributed by atoms with E-state index in [0.29, 0.717) is 23.7 Å². The fraction of sp³-hybridized carbons (Fsp3) is 0.909. The molecule has 2 saturated carbocycles. The zero-order valence-corrected chi connectivity index (χ0v) is 8.46. The van der Waals surface area contributed by atoms with Crippen molar-refractivity contribution in [2.45, 2.75) is 37.8 Å². The molecule has 3 fully saturated rings. The van der Waals surface area contributed by atoms with Gasteiger partial charge >= 0.3 is 0 Å². The number of piperazine rings is 1. The molecule has 0 aromatic heterocycles. The molecular weight excluding hydrogens is 176 g/mol. The topological polar surface area (TPSA) is 41.1 Å². The highest BCUT2D eigenvalue weighted by atomic mass is 16.1. The Morgan fingerprint density at radius 3 is 2.79 bits per heavy atom. The van der Waals surface area contributed by atoms with E-state index in [1.54, 1.807) is 0 Å². The SMILES string of the molecule is O=C1C2CCCCC2C2NCCNC12. The van der Waals surface area contributed by atoms with Crippen molar-refractivity contribution in [1.29, 1.82) is 0 Å². The van der Waals surface area contributed by atoms with Crippen molar-refractivity contribution in [2.24, 2.45) is 11.8 Å². The first-order valence-electron chi connectivity index (χ1n) is 5.88. The van der Waals surface area contributed by atoms with Gasteiger partial charge in [0.2, 0.25) is 0 Å². The summed E-state index contributed by atoms with van der Waals surface area (Å²) in [7, 11) is 0. The Balaban J connectivity index is 1.86. The normalized spacial score (nSPS) is 47.3. The Morgan fingerprint density at radius 2 is 1.86 bits per heavy atom. The van der Waals surface area contributed by atoms with E-state index in [2.05, 4.69) is 10.6 Å². The minimum atomic E-state index is 0.136. The second-order valence-electron chi connectivity index (χ2n) is 4.87. The van der Waals surface area contributed by atoms with E-state index in [1.807, 2.05) is 0 Å². The van der Waals surface area contributed by atoms with Crippen LogP contribution in [0.4, 0.5) is 0 Å². The molecule has 0 aromatic rings. The van der Waals surface area contributed by atoms with Gasteiger partial charge in [-0.25, -0.2) is 0 Å². The number of rotatable bonds is 0. The summed E-state index contributed by atoms with van der Waals surface area (Å²) >= 11 is 0. The molecule has 0 bridgehead atoms. The van der Waals surface area contributed by atoms with E-state index >= 15 is 0 Å². The molecule has 4 unspecified atom stereocenters. The van der Waals surface area contributed by atoms with E-state index in [0.717, 1.165) is 19.5 Å². The van der Waals surface area contributed by atoms with Crippen molar-refractivity contribution >= 4 is 5.78 Å². The summed E-state index contributed by atoms with van der Waals surface area (Å²) in [5.74, 6) is 1.50. The lowest BCUT2D eigenvalue weighted by atomic mass is 9.80. The van der Waals surface area contributed by atoms with Crippen LogP contribution in [-0.2, 0) is 4.79 Å². The number of fused-ring (bicyclic) bond motifs is 3. The van der Waals surface area contributed by atoms with Crippen molar-refractivity contribution in [3.05, 3.63) is 0 Å². The minimum Gasteiger partial charge on any atom is -0.310 e. The number of hydrogen-bond donors (Lipinski definition) is 2. The van der Waals surface area contributed by atoms with Crippen LogP contribution in [0.2, 0.25) is 0 Å². The van der Waals surface area contributed by atoms with Crippen LogP contribution in [0, 0.1) is 11.8 Å². The van der Waals surface area contributed by atoms with E-state index < -0.39 is 0 Å². The van der Waals surface area contributed by atoms with Crippen molar-refractivity contribution in [3.8, 4) is 0 Å². The smallest absolute Gasteiger partial charge is 0.154 e. The Hall–Kier alpha value is -0.410. The van der Waals surface area contributed by atoms with Crippen LogP contribution in [0.5, 0.6) is 0 Å². The largest absolute Gasteiger partial charge is 0.310 e. The van der Waals surface area contributed by atoms with Gasteiger partial charge in [0.1, 0.15) is 0 Å². The van der Waals surface area contributed by atoms with Gasteiger partial charge in [-0.2, -0.15) is 0 Å². The molecule has 1 saturated heterocycles. The molecular formula is C11H18N2O. The molecule has 2 N–H and O–H groups in total. The summed E-state index contributed by atoms with van der Waals surface area (Å²) in [4.78, 5) is 12.1. The zero-order chi connectivity index (χ0) is 9.54. The predicted octanol–water partition coefficient (Wildman–Crippen LogP) is 0.305. The zero-order valence-electron chi connectivity index (χ0n) is 8.46. The molecule has 1 heterocycles. The predicted molar refractivity (Wildman–Crippen MR) is 54.0 cm³/mol. The number of hydrogen-bond acceptors (Lipinski definition) is 3. The third kappa shape index (κ3) is 1.15. The first-order chi connectivity index (χ1) is 6.88. The molecule has 3 heteroatoms. The lowest BCUT2D eigenvalue weighted by Gasteiger charge is -2.32. The van der Waals surface area contributed by atoms with Crippen LogP contribution in [0.25, 0.3) is 0 Å². The first kappa shape index (κ1) is 8.86. The average Bonchev–Trinajstić information content (AvgIpc) is 2.55. The molecule has 3 rings (SSSR count). The molecule has 4 atom stereocenters. The molecule has 0 radical (unpaired) electrons. The monoisotopic (exact) mass is 194 g/mol. The van der Waals surface area contributed by atoms with E-state index in [1.165, 1.54) is 19.3 Å². The second-order valence-corrected chi connectivity index (χ2v) is 4.87. The van der Waals surface area contributed by atoms with Gasteiger partial charge in [-0.05, 0) is 18.8 Å². The summed E-state index contributed by atoms with van der Waals surface area (Å²) in [6.07, 6.45) is 4.97. The average molecular weight is 194 g/mol. The van der Waals surface area contributed by atoms with Gasteiger partial charge in [0.25, 0.3) is 0 Å². The van der Waals surface area contributed by atoms with Gasteiger partial charge in [0.15, 0.2) is 5.78 Å². The van der Waals surface area contributed by atoms with Gasteiger partial charge in [0, 0.05) is 25.0 Å². The lowest BCUT2D eigenvalue weighted by Crippen LogP contribution is -2.57. The van der Waals surface area contributed by atoms with Gasteiger partial charge in [-0.1, -0.05) is 12.8 Å². The molecule has 0 aromatic carbocycles. The molecule has 0 amide bonds. The van der Waals surface area contributed by atoms with Crippen LogP contribution >= 0.6 is 0 Å². The van der Waals surface area contributed by atoms with Crippen LogP contribution in [0.15, 0.2) is 0 Å². The van der Waals surface area contributed by atoms with Crippen LogP contribution in [0.1, 0.15) is 25.7 Å². The van der Waals surface area contributed by atoms with Crippen molar-refractivity contribution in [2.75, 3.05) is 13.1 Å². The summed E-state index contributed by atoms with van der Waals surface area (Å²) in [6, 6.07) is 0.582. The van der Waals surface area contributed by atoms with Crippen LogP contribution in [0.3, 0.4) is 0 Å². The van der Waals surface area contributed by atoms with Crippen molar-refractivity contribution < 1.29 is 4.79 Å². The first-order valence-corrected chi connectivity index (χ1v) is 5.88. The maximum atomic E-state index is 12.1. The van der Waals surface area contributed by atoms with Crippen LogP contribution in [-0.4, -0.2) is 31.0 Å². The molecule has 78 valence electrons. The second kappa shape index (κ2) is 3.31. The fourth-order valence-electron chi connectivity index (χ4n) is 3.56. The van der Waals surface area contributed by atoms with Gasteiger partial charge in [0.05, 0.1) is 6.04 Å². The number of Topliss-reactive ketones (excluding diaryl/α,β-unsaturated/α-hetero) is 1. The number of ketones is 1. The lowest BCUT2D eigenvalue weighted by molar-refractivity contribution is -0.123. The molecule has 3 aliphatic rings. The van der Waals surface area contributed by atoms with Gasteiger partial charge in [-0.3, -0.25) is 4.79 Å². The summed E-state index contributed by atoms with van der Waals surface area (Å²) in [5, 5.41) is 6.90. The molecule has 14 heavy (non-hydrogen) atoms. The number of nitrogens with one attached hydrogen (secondary N) is 2. The third-order valence-electron chi connectivity index (χ3n) is 4.18. The molecule has 0 spiro atoms. The van der Waals surface area contributed by atoms with Crippen LogP contribution < -0.4 is 10.6 Å².